The summed E-state index contributed by atoms with van der Waals surface area (Å²) in [5.74, 6) is -2.33. The summed E-state index contributed by atoms with van der Waals surface area (Å²) in [5.41, 5.74) is 0.558. The molecule has 0 aliphatic carbocycles. The van der Waals surface area contributed by atoms with Gasteiger partial charge in [0.25, 0.3) is 11.8 Å². The summed E-state index contributed by atoms with van der Waals surface area (Å²) >= 11 is 0. The van der Waals surface area contributed by atoms with Crippen molar-refractivity contribution in [3.8, 4) is 11.6 Å². The first-order chi connectivity index (χ1) is 16.2. The lowest BCUT2D eigenvalue weighted by atomic mass is 10.00. The van der Waals surface area contributed by atoms with E-state index in [4.69, 9.17) is 9.47 Å². The molecule has 0 bridgehead atoms. The molecule has 182 valence electrons. The minimum absolute atomic E-state index is 0.0314. The summed E-state index contributed by atoms with van der Waals surface area (Å²) in [4.78, 5) is 40.7. The Labute approximate surface area is 195 Å². The number of nitrogens with one attached hydrogen (secondary N) is 1. The van der Waals surface area contributed by atoms with Crippen molar-refractivity contribution in [2.45, 2.75) is 32.3 Å². The van der Waals surface area contributed by atoms with Gasteiger partial charge in [-0.1, -0.05) is 0 Å². The third-order valence-electron chi connectivity index (χ3n) is 5.44. The second-order valence-corrected chi connectivity index (χ2v) is 8.31. The molecule has 1 N–H and O–H groups in total. The number of halogens is 2. The van der Waals surface area contributed by atoms with Gasteiger partial charge in [0.15, 0.2) is 12.7 Å². The van der Waals surface area contributed by atoms with Crippen LogP contribution in [0.15, 0.2) is 30.7 Å². The lowest BCUT2D eigenvalue weighted by molar-refractivity contribution is -0.125. The average molecular weight is 476 g/mol. The molecule has 2 saturated heterocycles. The number of carbonyl (C=O) groups excluding carboxylic acids is 2. The maximum Gasteiger partial charge on any atom is 0.278 e. The summed E-state index contributed by atoms with van der Waals surface area (Å²) in [7, 11) is 0. The van der Waals surface area contributed by atoms with E-state index in [0.717, 1.165) is 6.92 Å². The lowest BCUT2D eigenvalue weighted by Gasteiger charge is -2.38. The summed E-state index contributed by atoms with van der Waals surface area (Å²) in [6.45, 7) is 4.03. The van der Waals surface area contributed by atoms with Gasteiger partial charge in [-0.25, -0.2) is 23.7 Å². The van der Waals surface area contributed by atoms with Gasteiger partial charge in [0.2, 0.25) is 17.7 Å². The van der Waals surface area contributed by atoms with Gasteiger partial charge in [-0.05, 0) is 13.0 Å². The first-order valence-electron chi connectivity index (χ1n) is 11.0. The van der Waals surface area contributed by atoms with E-state index < -0.39 is 18.6 Å². The van der Waals surface area contributed by atoms with Crippen LogP contribution in [-0.2, 0) is 9.59 Å². The number of carbonyl (C=O) groups is 2. The molecule has 2 aliphatic heterocycles. The fourth-order valence-electron chi connectivity index (χ4n) is 3.65. The standard InChI is InChI=1S/C22H26F2N6O4/c1-3-25-19(31)14-11-29(12-14)21-27-8-15(9-28-21)30-7-6-17(20(30)32)34-16-4-5-18(26-10-16)33-13-22(2,23)24/h4-5,8-10,14,17H,3,6-7,11-13H2,1-2H3,(H,25,31)/t17-/m1/s1. The first-order valence-corrected chi connectivity index (χ1v) is 11.0. The fraction of sp³-hybridized carbons (Fsp3) is 0.500. The third-order valence-corrected chi connectivity index (χ3v) is 5.44. The summed E-state index contributed by atoms with van der Waals surface area (Å²) < 4.78 is 36.4. The molecule has 0 radical (unpaired) electrons. The van der Waals surface area contributed by atoms with E-state index in [2.05, 4.69) is 20.3 Å². The largest absolute Gasteiger partial charge is 0.479 e. The van der Waals surface area contributed by atoms with Crippen LogP contribution in [0.1, 0.15) is 20.3 Å². The van der Waals surface area contributed by atoms with E-state index in [-0.39, 0.29) is 23.6 Å². The molecule has 0 saturated carbocycles. The summed E-state index contributed by atoms with van der Waals surface area (Å²) in [6, 6.07) is 2.93. The molecule has 0 unspecified atom stereocenters. The Balaban J connectivity index is 1.29. The molecular weight excluding hydrogens is 450 g/mol. The molecule has 1 atom stereocenters. The topological polar surface area (TPSA) is 110 Å². The van der Waals surface area contributed by atoms with E-state index in [9.17, 15) is 18.4 Å². The highest BCUT2D eigenvalue weighted by Gasteiger charge is 2.36. The number of aromatic nitrogens is 3. The normalized spacial score (nSPS) is 18.6. The van der Waals surface area contributed by atoms with Crippen LogP contribution in [0.25, 0.3) is 0 Å². The number of ether oxygens (including phenoxy) is 2. The van der Waals surface area contributed by atoms with Crippen molar-refractivity contribution in [1.82, 2.24) is 20.3 Å². The second kappa shape index (κ2) is 9.74. The number of nitrogens with zero attached hydrogens (tertiary/aromatic N) is 5. The van der Waals surface area contributed by atoms with Gasteiger partial charge in [-0.3, -0.25) is 9.59 Å². The summed E-state index contributed by atoms with van der Waals surface area (Å²) in [6.07, 6.45) is 4.25. The van der Waals surface area contributed by atoms with E-state index in [1.54, 1.807) is 17.3 Å². The Bertz CT molecular complexity index is 1010. The van der Waals surface area contributed by atoms with Gasteiger partial charge in [-0.2, -0.15) is 0 Å². The molecule has 4 heterocycles. The highest BCUT2D eigenvalue weighted by atomic mass is 19.3. The van der Waals surface area contributed by atoms with Crippen molar-refractivity contribution >= 4 is 23.5 Å². The van der Waals surface area contributed by atoms with Crippen LogP contribution < -0.4 is 24.6 Å². The maximum atomic E-state index is 12.9. The molecule has 2 aliphatic rings. The molecule has 10 nitrogen and oxygen atoms in total. The van der Waals surface area contributed by atoms with Crippen LogP contribution in [0.2, 0.25) is 0 Å². The van der Waals surface area contributed by atoms with Gasteiger partial charge in [0, 0.05) is 45.6 Å². The smallest absolute Gasteiger partial charge is 0.278 e. The second-order valence-electron chi connectivity index (χ2n) is 8.31. The van der Waals surface area contributed by atoms with Crippen LogP contribution in [0.5, 0.6) is 11.6 Å². The number of hydrogen-bond donors (Lipinski definition) is 1. The Morgan fingerprint density at radius 3 is 2.56 bits per heavy atom. The Morgan fingerprint density at radius 2 is 1.94 bits per heavy atom. The van der Waals surface area contributed by atoms with E-state index in [1.165, 1.54) is 18.3 Å². The molecule has 0 spiro atoms. The summed E-state index contributed by atoms with van der Waals surface area (Å²) in [5, 5.41) is 2.81. The van der Waals surface area contributed by atoms with Crippen molar-refractivity contribution in [2.75, 3.05) is 42.6 Å². The monoisotopic (exact) mass is 476 g/mol. The maximum absolute atomic E-state index is 12.9. The van der Waals surface area contributed by atoms with Crippen molar-refractivity contribution < 1.29 is 27.8 Å². The zero-order valence-corrected chi connectivity index (χ0v) is 18.9. The van der Waals surface area contributed by atoms with Gasteiger partial charge >= 0.3 is 0 Å². The van der Waals surface area contributed by atoms with Crippen LogP contribution in [0, 0.1) is 5.92 Å². The molecule has 0 aromatic carbocycles. The number of amides is 2. The Morgan fingerprint density at radius 1 is 1.21 bits per heavy atom. The van der Waals surface area contributed by atoms with Gasteiger partial charge < -0.3 is 24.6 Å². The molecule has 4 rings (SSSR count). The molecule has 2 aromatic heterocycles. The molecule has 2 aromatic rings. The molecular formula is C22H26F2N6O4. The highest BCUT2D eigenvalue weighted by Crippen LogP contribution is 2.27. The van der Waals surface area contributed by atoms with Crippen LogP contribution in [-0.4, -0.2) is 71.6 Å². The fourth-order valence-corrected chi connectivity index (χ4v) is 3.65. The van der Waals surface area contributed by atoms with Gasteiger partial charge in [0.1, 0.15) is 5.75 Å². The highest BCUT2D eigenvalue weighted by molar-refractivity contribution is 5.98. The first kappa shape index (κ1) is 23.6. The lowest BCUT2D eigenvalue weighted by Crippen LogP contribution is -2.54. The van der Waals surface area contributed by atoms with Crippen molar-refractivity contribution in [3.05, 3.63) is 30.7 Å². The van der Waals surface area contributed by atoms with Gasteiger partial charge in [-0.15, -0.1) is 0 Å². The minimum Gasteiger partial charge on any atom is -0.479 e. The van der Waals surface area contributed by atoms with Crippen molar-refractivity contribution in [1.29, 1.82) is 0 Å². The number of alkyl halides is 2. The number of anilines is 2. The average Bonchev–Trinajstić information content (AvgIpc) is 3.12. The number of pyridine rings is 1. The van der Waals surface area contributed by atoms with Crippen molar-refractivity contribution in [3.63, 3.8) is 0 Å². The molecule has 2 fully saturated rings. The Hall–Kier alpha value is -3.57. The third kappa shape index (κ3) is 5.49. The quantitative estimate of drug-likeness (QED) is 0.582. The predicted molar refractivity (Wildman–Crippen MR) is 118 cm³/mol. The van der Waals surface area contributed by atoms with Gasteiger partial charge in [0.05, 0.1) is 30.2 Å². The molecule has 34 heavy (non-hydrogen) atoms. The van der Waals surface area contributed by atoms with E-state index in [0.29, 0.717) is 50.0 Å². The van der Waals surface area contributed by atoms with Crippen LogP contribution in [0.3, 0.4) is 0 Å². The minimum atomic E-state index is -2.96. The van der Waals surface area contributed by atoms with Crippen LogP contribution in [0.4, 0.5) is 20.4 Å². The Kier molecular flexibility index (Phi) is 6.75. The zero-order chi connectivity index (χ0) is 24.3. The van der Waals surface area contributed by atoms with E-state index in [1.807, 2.05) is 11.8 Å². The van der Waals surface area contributed by atoms with Crippen LogP contribution >= 0.6 is 0 Å². The van der Waals surface area contributed by atoms with E-state index >= 15 is 0 Å². The number of hydrogen-bond acceptors (Lipinski definition) is 8. The predicted octanol–water partition coefficient (Wildman–Crippen LogP) is 1.66. The van der Waals surface area contributed by atoms with Crippen molar-refractivity contribution in [2.24, 2.45) is 5.92 Å². The molecule has 12 heteroatoms. The zero-order valence-electron chi connectivity index (χ0n) is 18.9. The molecule has 2 amide bonds. The SMILES string of the molecule is CCNC(=O)C1CN(c2ncc(N3CC[C@@H](Oc4ccc(OCC(C)(F)F)nc4)C3=O)cn2)C1. The number of rotatable bonds is 9.